The van der Waals surface area contributed by atoms with Gasteiger partial charge in [0.15, 0.2) is 5.13 Å². The summed E-state index contributed by atoms with van der Waals surface area (Å²) >= 11 is 2.93. The van der Waals surface area contributed by atoms with Crippen LogP contribution in [-0.4, -0.2) is 56.2 Å². The molecule has 172 valence electrons. The van der Waals surface area contributed by atoms with Gasteiger partial charge in [-0.25, -0.2) is 23.7 Å². The maximum absolute atomic E-state index is 14.2. The zero-order valence-electron chi connectivity index (χ0n) is 17.9. The van der Waals surface area contributed by atoms with E-state index in [9.17, 15) is 13.6 Å². The Hall–Kier alpha value is -2.63. The smallest absolute Gasteiger partial charge is 0.263 e. The minimum absolute atomic E-state index is 0.0588. The van der Waals surface area contributed by atoms with Gasteiger partial charge in [0.05, 0.1) is 23.0 Å². The number of carbonyl (C=O) groups excluding carboxylic acids is 1. The number of hydrogen-bond acceptors (Lipinski definition) is 7. The number of rotatable bonds is 6. The Balaban J connectivity index is 1.23. The molecule has 4 aromatic rings. The summed E-state index contributed by atoms with van der Waals surface area (Å²) in [7, 11) is 1.70. The third-order valence-electron chi connectivity index (χ3n) is 5.74. The number of piperidine rings is 1. The first-order chi connectivity index (χ1) is 15.9. The van der Waals surface area contributed by atoms with Crippen LogP contribution in [0.5, 0.6) is 0 Å². The topological polar surface area (TPSA) is 75.4 Å². The highest BCUT2D eigenvalue weighted by Crippen LogP contribution is 2.36. The summed E-state index contributed by atoms with van der Waals surface area (Å²) in [5, 5.41) is 4.20. The average molecular weight is 489 g/mol. The minimum atomic E-state index is -2.76. The van der Waals surface area contributed by atoms with Gasteiger partial charge in [-0.2, -0.15) is 0 Å². The Morgan fingerprint density at radius 3 is 3.09 bits per heavy atom. The van der Waals surface area contributed by atoms with Crippen molar-refractivity contribution in [2.24, 2.45) is 5.92 Å². The fourth-order valence-electron chi connectivity index (χ4n) is 4.02. The molecule has 7 nitrogen and oxygen atoms in total. The van der Waals surface area contributed by atoms with E-state index in [0.717, 1.165) is 20.1 Å². The van der Waals surface area contributed by atoms with E-state index >= 15 is 0 Å². The molecule has 1 fully saturated rings. The van der Waals surface area contributed by atoms with E-state index in [1.807, 2.05) is 34.9 Å². The molecule has 1 saturated heterocycles. The standard InChI is InChI=1S/C22H22F2N6OS2/c1-29-10-7-14(22(23,24)13-29)3-6-18(31)28-21-27-16-5-4-15(11-17(16)33-21)32-19-12-26-20-25-8-2-9-30(19)20/h2,4-5,8-9,11-12,14H,3,6-7,10,13H2,1H3,(H,27,28,31). The lowest BCUT2D eigenvalue weighted by atomic mass is 9.89. The van der Waals surface area contributed by atoms with Crippen LogP contribution in [0.1, 0.15) is 19.3 Å². The highest BCUT2D eigenvalue weighted by atomic mass is 32.2. The highest BCUT2D eigenvalue weighted by molar-refractivity contribution is 7.99. The molecule has 0 radical (unpaired) electrons. The van der Waals surface area contributed by atoms with E-state index in [2.05, 4.69) is 20.3 Å². The first kappa shape index (κ1) is 22.2. The SMILES string of the molecule is CN1CCC(CCC(=O)Nc2nc3ccc(Sc4cnc5ncccn45)cc3s2)C(F)(F)C1. The quantitative estimate of drug-likeness (QED) is 0.420. The number of likely N-dealkylation sites (tertiary alicyclic amines) is 1. The van der Waals surface area contributed by atoms with Crippen LogP contribution >= 0.6 is 23.1 Å². The molecule has 1 aliphatic rings. The molecule has 0 bridgehead atoms. The summed E-state index contributed by atoms with van der Waals surface area (Å²) in [6.45, 7) is 0.384. The molecule has 0 saturated carbocycles. The monoisotopic (exact) mass is 488 g/mol. The molecule has 4 heterocycles. The van der Waals surface area contributed by atoms with Crippen LogP contribution in [0.25, 0.3) is 16.0 Å². The van der Waals surface area contributed by atoms with E-state index in [1.54, 1.807) is 36.1 Å². The maximum atomic E-state index is 14.2. The van der Waals surface area contributed by atoms with Crippen LogP contribution in [-0.2, 0) is 4.79 Å². The second-order valence-electron chi connectivity index (χ2n) is 8.21. The van der Waals surface area contributed by atoms with E-state index in [4.69, 9.17) is 0 Å². The molecule has 1 amide bonds. The molecule has 5 rings (SSSR count). The van der Waals surface area contributed by atoms with E-state index in [-0.39, 0.29) is 25.3 Å². The molecule has 1 aromatic carbocycles. The highest BCUT2D eigenvalue weighted by Gasteiger charge is 2.43. The van der Waals surface area contributed by atoms with Crippen molar-refractivity contribution < 1.29 is 13.6 Å². The summed E-state index contributed by atoms with van der Waals surface area (Å²) in [5.74, 6) is -3.16. The lowest BCUT2D eigenvalue weighted by Crippen LogP contribution is -2.47. The Kier molecular flexibility index (Phi) is 6.02. The Labute approximate surface area is 197 Å². The van der Waals surface area contributed by atoms with E-state index < -0.39 is 11.8 Å². The number of hydrogen-bond donors (Lipinski definition) is 1. The number of halogens is 2. The number of amides is 1. The zero-order chi connectivity index (χ0) is 23.0. The number of nitrogens with zero attached hydrogens (tertiary/aromatic N) is 5. The van der Waals surface area contributed by atoms with E-state index in [0.29, 0.717) is 23.9 Å². The van der Waals surface area contributed by atoms with Gasteiger partial charge >= 0.3 is 0 Å². The lowest BCUT2D eigenvalue weighted by molar-refractivity contribution is -0.121. The van der Waals surface area contributed by atoms with Gasteiger partial charge in [-0.3, -0.25) is 9.20 Å². The van der Waals surface area contributed by atoms with Gasteiger partial charge in [-0.15, -0.1) is 0 Å². The van der Waals surface area contributed by atoms with Gasteiger partial charge < -0.3 is 10.2 Å². The van der Waals surface area contributed by atoms with E-state index in [1.165, 1.54) is 11.3 Å². The first-order valence-electron chi connectivity index (χ1n) is 10.6. The van der Waals surface area contributed by atoms with Gasteiger partial charge in [0.25, 0.3) is 5.92 Å². The Morgan fingerprint density at radius 1 is 1.36 bits per heavy atom. The normalized spacial score (nSPS) is 18.7. The van der Waals surface area contributed by atoms with Crippen molar-refractivity contribution in [3.8, 4) is 0 Å². The van der Waals surface area contributed by atoms with Gasteiger partial charge in [0, 0.05) is 29.6 Å². The largest absolute Gasteiger partial charge is 0.302 e. The van der Waals surface area contributed by atoms with Crippen molar-refractivity contribution in [3.05, 3.63) is 42.9 Å². The van der Waals surface area contributed by atoms with Crippen molar-refractivity contribution >= 4 is 50.1 Å². The van der Waals surface area contributed by atoms with Crippen LogP contribution in [0, 0.1) is 5.92 Å². The predicted octanol–water partition coefficient (Wildman–Crippen LogP) is 4.80. The third kappa shape index (κ3) is 4.85. The summed E-state index contributed by atoms with van der Waals surface area (Å²) in [6.07, 6.45) is 6.04. The molecule has 1 unspecified atom stereocenters. The number of nitrogens with one attached hydrogen (secondary N) is 1. The number of fused-ring (bicyclic) bond motifs is 2. The number of benzene rings is 1. The van der Waals surface area contributed by atoms with Crippen molar-refractivity contribution in [1.82, 2.24) is 24.3 Å². The summed E-state index contributed by atoms with van der Waals surface area (Å²) < 4.78 is 31.3. The summed E-state index contributed by atoms with van der Waals surface area (Å²) in [5.41, 5.74) is 0.779. The molecule has 33 heavy (non-hydrogen) atoms. The van der Waals surface area contributed by atoms with Gasteiger partial charge in [-0.05, 0) is 50.7 Å². The van der Waals surface area contributed by atoms with Crippen LogP contribution in [0.4, 0.5) is 13.9 Å². The van der Waals surface area contributed by atoms with Crippen LogP contribution < -0.4 is 5.32 Å². The molecular weight excluding hydrogens is 466 g/mol. The fraction of sp³-hybridized carbons (Fsp3) is 0.364. The van der Waals surface area contributed by atoms with Crippen LogP contribution in [0.3, 0.4) is 0 Å². The Bertz CT molecular complexity index is 1310. The number of imidazole rings is 1. The molecule has 1 N–H and O–H groups in total. The Morgan fingerprint density at radius 2 is 2.24 bits per heavy atom. The molecule has 1 atom stereocenters. The number of carbonyl (C=O) groups is 1. The third-order valence-corrected chi connectivity index (χ3v) is 7.67. The molecule has 0 aliphatic carbocycles. The van der Waals surface area contributed by atoms with Crippen molar-refractivity contribution in [2.45, 2.75) is 35.1 Å². The maximum Gasteiger partial charge on any atom is 0.263 e. The average Bonchev–Trinajstić information content (AvgIpc) is 3.36. The summed E-state index contributed by atoms with van der Waals surface area (Å²) in [4.78, 5) is 28.0. The summed E-state index contributed by atoms with van der Waals surface area (Å²) in [6, 6.07) is 7.75. The lowest BCUT2D eigenvalue weighted by Gasteiger charge is -2.36. The molecule has 0 spiro atoms. The van der Waals surface area contributed by atoms with Crippen molar-refractivity contribution in [2.75, 3.05) is 25.5 Å². The van der Waals surface area contributed by atoms with Gasteiger partial charge in [0.2, 0.25) is 11.7 Å². The van der Waals surface area contributed by atoms with Crippen LogP contribution in [0.15, 0.2) is 52.8 Å². The van der Waals surface area contributed by atoms with Gasteiger partial charge in [-0.1, -0.05) is 23.1 Å². The van der Waals surface area contributed by atoms with Crippen molar-refractivity contribution in [1.29, 1.82) is 0 Å². The fourth-order valence-corrected chi connectivity index (χ4v) is 5.92. The van der Waals surface area contributed by atoms with Gasteiger partial charge in [0.1, 0.15) is 5.03 Å². The minimum Gasteiger partial charge on any atom is -0.302 e. The predicted molar refractivity (Wildman–Crippen MR) is 125 cm³/mol. The number of anilines is 1. The molecule has 3 aromatic heterocycles. The van der Waals surface area contributed by atoms with Crippen molar-refractivity contribution in [3.63, 3.8) is 0 Å². The number of aromatic nitrogens is 4. The second-order valence-corrected chi connectivity index (χ2v) is 10.3. The molecular formula is C22H22F2N6OS2. The molecule has 11 heteroatoms. The first-order valence-corrected chi connectivity index (χ1v) is 12.2. The molecule has 1 aliphatic heterocycles. The van der Waals surface area contributed by atoms with Crippen LogP contribution in [0.2, 0.25) is 0 Å². The number of thiazole rings is 1. The number of alkyl halides is 2. The zero-order valence-corrected chi connectivity index (χ0v) is 19.5. The second kappa shape index (κ2) is 8.96.